The molecule has 0 radical (unpaired) electrons. The van der Waals surface area contributed by atoms with Crippen molar-refractivity contribution in [3.63, 3.8) is 0 Å². The van der Waals surface area contributed by atoms with E-state index in [4.69, 9.17) is 16.4 Å². The Hall–Kier alpha value is -2.41. The lowest BCUT2D eigenvalue weighted by Gasteiger charge is -2.09. The van der Waals surface area contributed by atoms with Crippen LogP contribution in [0.25, 0.3) is 0 Å². The van der Waals surface area contributed by atoms with Gasteiger partial charge in [0.2, 0.25) is 6.10 Å². The molecule has 2 aromatic rings. The van der Waals surface area contributed by atoms with E-state index < -0.39 is 11.9 Å². The highest BCUT2D eigenvalue weighted by molar-refractivity contribution is 6.34. The molecule has 0 aliphatic carbocycles. The number of hydrogen-bond acceptors (Lipinski definition) is 4. The molecule has 1 atom stereocenters. The molecule has 1 aliphatic rings. The quantitative estimate of drug-likeness (QED) is 0.904. The molecule has 0 fully saturated rings. The third-order valence-electron chi connectivity index (χ3n) is 3.59. The van der Waals surface area contributed by atoms with Crippen molar-refractivity contribution in [1.82, 2.24) is 10.2 Å². The van der Waals surface area contributed by atoms with Crippen LogP contribution >= 0.6 is 11.6 Å². The van der Waals surface area contributed by atoms with Crippen LogP contribution in [0, 0.1) is 19.7 Å². The van der Waals surface area contributed by atoms with E-state index in [1.54, 1.807) is 19.9 Å². The van der Waals surface area contributed by atoms with Crippen LogP contribution in [0.5, 0.6) is 0 Å². The van der Waals surface area contributed by atoms with Crippen molar-refractivity contribution in [1.29, 1.82) is 0 Å². The third-order valence-corrected chi connectivity index (χ3v) is 3.90. The molecule has 3 rings (SSSR count). The number of carbonyl (C=O) groups is 1. The summed E-state index contributed by atoms with van der Waals surface area (Å²) in [5.74, 6) is -0.869. The monoisotopic (exact) mass is 336 g/mol. The smallest absolute Gasteiger partial charge is 0.268 e. The largest absolute Gasteiger partial charge is 0.382 e. The number of aryl methyl sites for hydroxylation is 2. The van der Waals surface area contributed by atoms with Gasteiger partial charge >= 0.3 is 0 Å². The van der Waals surface area contributed by atoms with Gasteiger partial charge in [-0.3, -0.25) is 9.89 Å². The molecule has 0 spiro atoms. The molecule has 0 unspecified atom stereocenters. The Morgan fingerprint density at radius 3 is 2.91 bits per heavy atom. The van der Waals surface area contributed by atoms with E-state index in [-0.39, 0.29) is 22.9 Å². The fourth-order valence-electron chi connectivity index (χ4n) is 2.38. The van der Waals surface area contributed by atoms with Gasteiger partial charge in [0.1, 0.15) is 5.82 Å². The highest BCUT2D eigenvalue weighted by atomic mass is 35.5. The summed E-state index contributed by atoms with van der Waals surface area (Å²) in [6.07, 6.45) is -0.697. The van der Waals surface area contributed by atoms with Crippen LogP contribution in [-0.4, -0.2) is 27.9 Å². The number of carbonyl (C=O) groups excluding carboxylic acids is 1. The molecule has 6 nitrogen and oxygen atoms in total. The minimum absolute atomic E-state index is 0.141. The van der Waals surface area contributed by atoms with Crippen LogP contribution in [0.2, 0.25) is 5.02 Å². The van der Waals surface area contributed by atoms with Crippen molar-refractivity contribution >= 4 is 28.9 Å². The zero-order chi connectivity index (χ0) is 16.6. The number of aromatic nitrogens is 2. The summed E-state index contributed by atoms with van der Waals surface area (Å²) in [5, 5.41) is 13.6. The summed E-state index contributed by atoms with van der Waals surface area (Å²) in [7, 11) is 0. The van der Waals surface area contributed by atoms with Gasteiger partial charge in [-0.1, -0.05) is 22.8 Å². The Bertz CT molecular complexity index is 763. The normalized spacial score (nSPS) is 16.9. The molecule has 1 amide bonds. The van der Waals surface area contributed by atoms with Gasteiger partial charge in [0.05, 0.1) is 33.4 Å². The first-order valence-electron chi connectivity index (χ1n) is 6.97. The van der Waals surface area contributed by atoms with Crippen LogP contribution < -0.4 is 5.32 Å². The SMILES string of the molecule is Cc1n[nH]c(C)c1NC(=O)[C@H]1CC(c2c(F)cccc2Cl)=NO1. The first kappa shape index (κ1) is 15.5. The molecular formula is C15H14ClFN4O2. The van der Waals surface area contributed by atoms with Gasteiger partial charge in [-0.25, -0.2) is 4.39 Å². The van der Waals surface area contributed by atoms with Crippen molar-refractivity contribution in [2.75, 3.05) is 5.32 Å². The van der Waals surface area contributed by atoms with Gasteiger partial charge in [-0.2, -0.15) is 5.10 Å². The molecule has 23 heavy (non-hydrogen) atoms. The number of nitrogens with zero attached hydrogens (tertiary/aromatic N) is 2. The van der Waals surface area contributed by atoms with Crippen LogP contribution in [0.1, 0.15) is 23.4 Å². The molecule has 1 aliphatic heterocycles. The Morgan fingerprint density at radius 2 is 2.26 bits per heavy atom. The number of aromatic amines is 1. The molecule has 120 valence electrons. The molecule has 0 saturated heterocycles. The number of hydrogen-bond donors (Lipinski definition) is 2. The van der Waals surface area contributed by atoms with Crippen molar-refractivity contribution in [3.8, 4) is 0 Å². The number of benzene rings is 1. The second-order valence-electron chi connectivity index (χ2n) is 5.23. The second-order valence-corrected chi connectivity index (χ2v) is 5.64. The maximum atomic E-state index is 13.9. The van der Waals surface area contributed by atoms with Crippen molar-refractivity contribution in [2.24, 2.45) is 5.16 Å². The highest BCUT2D eigenvalue weighted by Gasteiger charge is 2.31. The van der Waals surface area contributed by atoms with Crippen LogP contribution in [0.15, 0.2) is 23.4 Å². The van der Waals surface area contributed by atoms with E-state index >= 15 is 0 Å². The second kappa shape index (κ2) is 6.00. The molecule has 0 saturated carbocycles. The van der Waals surface area contributed by atoms with Gasteiger partial charge in [0.15, 0.2) is 0 Å². The molecule has 1 aromatic carbocycles. The molecule has 8 heteroatoms. The average molecular weight is 337 g/mol. The summed E-state index contributed by atoms with van der Waals surface area (Å²) in [6.45, 7) is 3.57. The predicted molar refractivity (Wildman–Crippen MR) is 84.1 cm³/mol. The van der Waals surface area contributed by atoms with Gasteiger partial charge < -0.3 is 10.2 Å². The van der Waals surface area contributed by atoms with E-state index in [0.717, 1.165) is 5.69 Å². The first-order valence-corrected chi connectivity index (χ1v) is 7.34. The summed E-state index contributed by atoms with van der Waals surface area (Å²) in [4.78, 5) is 17.4. The zero-order valence-corrected chi connectivity index (χ0v) is 13.2. The maximum absolute atomic E-state index is 13.9. The number of oxime groups is 1. The lowest BCUT2D eigenvalue weighted by molar-refractivity contribution is -0.125. The molecule has 2 heterocycles. The van der Waals surface area contributed by atoms with Gasteiger partial charge in [-0.15, -0.1) is 0 Å². The predicted octanol–water partition coefficient (Wildman–Crippen LogP) is 2.95. The Balaban J connectivity index is 1.73. The van der Waals surface area contributed by atoms with E-state index in [1.807, 2.05) is 0 Å². The van der Waals surface area contributed by atoms with Crippen LogP contribution in [-0.2, 0) is 9.63 Å². The van der Waals surface area contributed by atoms with Crippen LogP contribution in [0.4, 0.5) is 10.1 Å². The van der Waals surface area contributed by atoms with E-state index in [1.165, 1.54) is 12.1 Å². The number of rotatable bonds is 3. The van der Waals surface area contributed by atoms with E-state index in [9.17, 15) is 9.18 Å². The number of amides is 1. The van der Waals surface area contributed by atoms with E-state index in [2.05, 4.69) is 20.7 Å². The van der Waals surface area contributed by atoms with Crippen molar-refractivity contribution < 1.29 is 14.0 Å². The lowest BCUT2D eigenvalue weighted by atomic mass is 10.0. The number of anilines is 1. The van der Waals surface area contributed by atoms with Crippen LogP contribution in [0.3, 0.4) is 0 Å². The fraction of sp³-hybridized carbons (Fsp3) is 0.267. The molecule has 1 aromatic heterocycles. The summed E-state index contributed by atoms with van der Waals surface area (Å²) in [5.41, 5.74) is 2.50. The van der Waals surface area contributed by atoms with Gasteiger partial charge in [-0.05, 0) is 26.0 Å². The van der Waals surface area contributed by atoms with Gasteiger partial charge in [0.25, 0.3) is 5.91 Å². The Kier molecular flexibility index (Phi) is 4.04. The number of halogens is 2. The minimum atomic E-state index is -0.839. The third kappa shape index (κ3) is 2.92. The van der Waals surface area contributed by atoms with E-state index in [0.29, 0.717) is 17.1 Å². The van der Waals surface area contributed by atoms with Crippen molar-refractivity contribution in [2.45, 2.75) is 26.4 Å². The zero-order valence-electron chi connectivity index (χ0n) is 12.5. The number of nitrogens with one attached hydrogen (secondary N) is 2. The Labute approximate surface area is 136 Å². The molecule has 0 bridgehead atoms. The van der Waals surface area contributed by atoms with Gasteiger partial charge in [0, 0.05) is 6.42 Å². The molecular weight excluding hydrogens is 323 g/mol. The summed E-state index contributed by atoms with van der Waals surface area (Å²) in [6, 6.07) is 4.36. The standard InChI is InChI=1S/C15H14ClFN4O2/c1-7-14(8(2)20-19-7)18-15(22)12-6-11(21-23-12)13-9(16)4-3-5-10(13)17/h3-5,12H,6H2,1-2H3,(H,18,22)(H,19,20)/t12-/m1/s1. The average Bonchev–Trinajstić information content (AvgIpc) is 3.09. The Morgan fingerprint density at radius 1 is 1.48 bits per heavy atom. The lowest BCUT2D eigenvalue weighted by Crippen LogP contribution is -2.28. The first-order chi connectivity index (χ1) is 11.0. The number of H-pyrrole nitrogens is 1. The fourth-order valence-corrected chi connectivity index (χ4v) is 2.65. The molecule has 2 N–H and O–H groups in total. The summed E-state index contributed by atoms with van der Waals surface area (Å²) < 4.78 is 13.9. The minimum Gasteiger partial charge on any atom is -0.382 e. The summed E-state index contributed by atoms with van der Waals surface area (Å²) >= 11 is 6.00. The maximum Gasteiger partial charge on any atom is 0.268 e. The highest BCUT2D eigenvalue weighted by Crippen LogP contribution is 2.26. The topological polar surface area (TPSA) is 79.4 Å². The van der Waals surface area contributed by atoms with Crippen molar-refractivity contribution in [3.05, 3.63) is 46.0 Å².